The quantitative estimate of drug-likeness (QED) is 0.750. The second kappa shape index (κ2) is 8.07. The van der Waals surface area contributed by atoms with Crippen LogP contribution in [0.25, 0.3) is 11.1 Å². The fourth-order valence-electron chi connectivity index (χ4n) is 3.50. The van der Waals surface area contributed by atoms with Crippen LogP contribution in [0.5, 0.6) is 0 Å². The first-order valence-corrected chi connectivity index (χ1v) is 10.0. The van der Waals surface area contributed by atoms with Gasteiger partial charge in [0.1, 0.15) is 0 Å². The lowest BCUT2D eigenvalue weighted by molar-refractivity contribution is 0.0761. The summed E-state index contributed by atoms with van der Waals surface area (Å²) >= 11 is 1.74. The Kier molecular flexibility index (Phi) is 5.82. The smallest absolute Gasteiger partial charge is 0.253 e. The zero-order valence-electron chi connectivity index (χ0n) is 15.2. The monoisotopic (exact) mass is 354 g/mol. The molecule has 1 fully saturated rings. The first kappa shape index (κ1) is 18.0. The number of hydrogen-bond donors (Lipinski definition) is 0. The number of likely N-dealkylation sites (tertiary alicyclic amines) is 1. The topological polar surface area (TPSA) is 23.6 Å². The van der Waals surface area contributed by atoms with Crippen molar-refractivity contribution in [3.63, 3.8) is 0 Å². The maximum atomic E-state index is 12.7. The van der Waals surface area contributed by atoms with Gasteiger partial charge in [-0.15, -0.1) is 11.8 Å². The highest BCUT2D eigenvalue weighted by Crippen LogP contribution is 2.30. The fraction of sp³-hybridized carbons (Fsp3) is 0.381. The predicted molar refractivity (Wildman–Crippen MR) is 106 cm³/mol. The van der Waals surface area contributed by atoms with Gasteiger partial charge in [-0.05, 0) is 62.0 Å². The maximum Gasteiger partial charge on any atom is 0.253 e. The van der Waals surface area contributed by atoms with Crippen LogP contribution < -0.4 is 0 Å². The van der Waals surface area contributed by atoms with Crippen LogP contribution in [0.2, 0.25) is 0 Å². The summed E-state index contributed by atoms with van der Waals surface area (Å²) in [6.45, 7) is 1.93. The summed E-state index contributed by atoms with van der Waals surface area (Å²) in [4.78, 5) is 18.2. The number of hydrogen-bond acceptors (Lipinski definition) is 3. The fourth-order valence-corrected chi connectivity index (χ4v) is 4.13. The van der Waals surface area contributed by atoms with Crippen molar-refractivity contribution in [1.82, 2.24) is 9.80 Å². The molecule has 4 heteroatoms. The number of carbonyl (C=O) groups is 1. The highest BCUT2D eigenvalue weighted by Gasteiger charge is 2.24. The number of nitrogens with zero attached hydrogens (tertiary/aromatic N) is 2. The molecule has 0 bridgehead atoms. The summed E-state index contributed by atoms with van der Waals surface area (Å²) in [6.07, 6.45) is 4.50. The number of amides is 1. The molecular weight excluding hydrogens is 328 g/mol. The van der Waals surface area contributed by atoms with Gasteiger partial charge in [-0.25, -0.2) is 0 Å². The van der Waals surface area contributed by atoms with Crippen molar-refractivity contribution in [2.45, 2.75) is 23.8 Å². The summed E-state index contributed by atoms with van der Waals surface area (Å²) in [5.74, 6) is 0.102. The second-order valence-electron chi connectivity index (χ2n) is 6.74. The number of rotatable bonds is 5. The highest BCUT2D eigenvalue weighted by molar-refractivity contribution is 7.98. The molecule has 0 radical (unpaired) electrons. The normalized spacial score (nSPS) is 17.6. The van der Waals surface area contributed by atoms with Gasteiger partial charge in [0.2, 0.25) is 0 Å². The first-order valence-electron chi connectivity index (χ1n) is 8.79. The van der Waals surface area contributed by atoms with Crippen molar-refractivity contribution >= 4 is 17.7 Å². The third kappa shape index (κ3) is 4.07. The van der Waals surface area contributed by atoms with Gasteiger partial charge >= 0.3 is 0 Å². The van der Waals surface area contributed by atoms with Gasteiger partial charge in [-0.1, -0.05) is 30.3 Å². The van der Waals surface area contributed by atoms with Crippen LogP contribution >= 0.6 is 11.8 Å². The van der Waals surface area contributed by atoms with Crippen molar-refractivity contribution in [2.24, 2.45) is 0 Å². The van der Waals surface area contributed by atoms with Gasteiger partial charge in [0.15, 0.2) is 0 Å². The van der Waals surface area contributed by atoms with Gasteiger partial charge in [0, 0.05) is 30.1 Å². The Morgan fingerprint density at radius 1 is 1.20 bits per heavy atom. The summed E-state index contributed by atoms with van der Waals surface area (Å²) in [5.41, 5.74) is 3.13. The maximum absolute atomic E-state index is 12.7. The molecule has 1 amide bonds. The third-order valence-corrected chi connectivity index (χ3v) is 5.85. The van der Waals surface area contributed by atoms with Crippen LogP contribution in [0.3, 0.4) is 0 Å². The van der Waals surface area contributed by atoms with E-state index in [-0.39, 0.29) is 5.91 Å². The minimum absolute atomic E-state index is 0.102. The Hall–Kier alpha value is -1.78. The van der Waals surface area contributed by atoms with E-state index in [0.717, 1.165) is 24.2 Å². The molecule has 3 rings (SSSR count). The van der Waals surface area contributed by atoms with E-state index in [1.54, 1.807) is 11.8 Å². The molecule has 0 aromatic heterocycles. The van der Waals surface area contributed by atoms with Crippen molar-refractivity contribution in [1.29, 1.82) is 0 Å². The van der Waals surface area contributed by atoms with Crippen molar-refractivity contribution in [2.75, 3.05) is 33.4 Å². The van der Waals surface area contributed by atoms with E-state index in [9.17, 15) is 4.79 Å². The molecule has 0 saturated carbocycles. The van der Waals surface area contributed by atoms with E-state index in [1.807, 2.05) is 24.1 Å². The highest BCUT2D eigenvalue weighted by atomic mass is 32.2. The van der Waals surface area contributed by atoms with Crippen LogP contribution in [-0.2, 0) is 0 Å². The predicted octanol–water partition coefficient (Wildman–Crippen LogP) is 4.24. The largest absolute Gasteiger partial charge is 0.340 e. The molecule has 0 N–H and O–H groups in total. The summed E-state index contributed by atoms with van der Waals surface area (Å²) in [5, 5.41) is 0. The Morgan fingerprint density at radius 3 is 2.56 bits per heavy atom. The molecule has 1 aliphatic rings. The van der Waals surface area contributed by atoms with Crippen molar-refractivity contribution in [3.05, 3.63) is 54.1 Å². The van der Waals surface area contributed by atoms with E-state index in [4.69, 9.17) is 0 Å². The van der Waals surface area contributed by atoms with Crippen LogP contribution in [0.15, 0.2) is 53.4 Å². The molecule has 1 unspecified atom stereocenters. The number of benzene rings is 2. The molecule has 0 aliphatic carbocycles. The first-order chi connectivity index (χ1) is 12.1. The average molecular weight is 355 g/mol. The Bertz CT molecular complexity index is 729. The van der Waals surface area contributed by atoms with E-state index >= 15 is 0 Å². The molecule has 3 nitrogen and oxygen atoms in total. The number of likely N-dealkylation sites (N-methyl/N-ethyl adjacent to an activating group) is 2. The van der Waals surface area contributed by atoms with Crippen LogP contribution in [0.4, 0.5) is 0 Å². The third-order valence-electron chi connectivity index (χ3n) is 5.05. The lowest BCUT2D eigenvalue weighted by atomic mass is 10.0. The molecule has 1 saturated heterocycles. The standard InChI is InChI=1S/C21H26N2OS/c1-22-14-6-7-18(22)15-23(2)21(24)17-12-10-16(11-13-17)19-8-4-5-9-20(19)25-3/h4-5,8-13,18H,6-7,14-15H2,1-3H3. The van der Waals surface area contributed by atoms with Crippen LogP contribution in [0.1, 0.15) is 23.2 Å². The van der Waals surface area contributed by atoms with E-state index in [0.29, 0.717) is 6.04 Å². The Morgan fingerprint density at radius 2 is 1.92 bits per heavy atom. The molecule has 0 spiro atoms. The summed E-state index contributed by atoms with van der Waals surface area (Å²) in [7, 11) is 4.05. The zero-order chi connectivity index (χ0) is 17.8. The molecular formula is C21H26N2OS. The van der Waals surface area contributed by atoms with Crippen molar-refractivity contribution < 1.29 is 4.79 Å². The minimum atomic E-state index is 0.102. The molecule has 1 aliphatic heterocycles. The van der Waals surface area contributed by atoms with Gasteiger partial charge < -0.3 is 9.80 Å². The minimum Gasteiger partial charge on any atom is -0.340 e. The van der Waals surface area contributed by atoms with Gasteiger partial charge in [-0.3, -0.25) is 4.79 Å². The van der Waals surface area contributed by atoms with Gasteiger partial charge in [-0.2, -0.15) is 0 Å². The number of thioether (sulfide) groups is 1. The second-order valence-corrected chi connectivity index (χ2v) is 7.59. The lowest BCUT2D eigenvalue weighted by Gasteiger charge is -2.26. The number of carbonyl (C=O) groups excluding carboxylic acids is 1. The molecule has 1 heterocycles. The van der Waals surface area contributed by atoms with E-state index in [1.165, 1.54) is 23.3 Å². The Balaban J connectivity index is 1.72. The SMILES string of the molecule is CSc1ccccc1-c1ccc(C(=O)N(C)CC2CCCN2C)cc1. The molecule has 1 atom stereocenters. The van der Waals surface area contributed by atoms with Crippen LogP contribution in [-0.4, -0.2) is 55.2 Å². The average Bonchev–Trinajstić information content (AvgIpc) is 3.05. The van der Waals surface area contributed by atoms with Crippen LogP contribution in [0, 0.1) is 0 Å². The van der Waals surface area contributed by atoms with Gasteiger partial charge in [0.05, 0.1) is 0 Å². The van der Waals surface area contributed by atoms with E-state index in [2.05, 4.69) is 54.6 Å². The molecule has 2 aromatic rings. The van der Waals surface area contributed by atoms with E-state index < -0.39 is 0 Å². The Labute approximate surface area is 155 Å². The summed E-state index contributed by atoms with van der Waals surface area (Å²) in [6, 6.07) is 16.9. The molecule has 25 heavy (non-hydrogen) atoms. The molecule has 2 aromatic carbocycles. The summed E-state index contributed by atoms with van der Waals surface area (Å²) < 4.78 is 0. The molecule has 132 valence electrons. The zero-order valence-corrected chi connectivity index (χ0v) is 16.1. The van der Waals surface area contributed by atoms with Gasteiger partial charge in [0.25, 0.3) is 5.91 Å². The van der Waals surface area contributed by atoms with Crippen molar-refractivity contribution in [3.8, 4) is 11.1 Å². The lowest BCUT2D eigenvalue weighted by Crippen LogP contribution is -2.39.